The van der Waals surface area contributed by atoms with Crippen molar-refractivity contribution in [2.45, 2.75) is 148 Å². The minimum absolute atomic E-state index is 0.0630. The van der Waals surface area contributed by atoms with Crippen LogP contribution in [0.15, 0.2) is 46.6 Å². The molecule has 0 amide bonds. The molecule has 12 atom stereocenters. The Kier molecular flexibility index (Phi) is 12.0. The normalized spacial score (nSPS) is 43.4. The smallest absolute Gasteiger partial charge is 0.333 e. The van der Waals surface area contributed by atoms with Crippen LogP contribution in [0.1, 0.15) is 114 Å². The van der Waals surface area contributed by atoms with E-state index >= 15 is 0 Å². The molecule has 3 N–H and O–H groups in total. The van der Waals surface area contributed by atoms with Crippen molar-refractivity contribution in [1.29, 1.82) is 0 Å². The highest BCUT2D eigenvalue weighted by atomic mass is 32.1. The van der Waals surface area contributed by atoms with E-state index in [2.05, 4.69) is 13.0 Å². The van der Waals surface area contributed by atoms with Gasteiger partial charge in [0.05, 0.1) is 30.3 Å². The van der Waals surface area contributed by atoms with Gasteiger partial charge in [-0.2, -0.15) is 25.3 Å². The molecule has 5 aliphatic rings. The lowest BCUT2D eigenvalue weighted by Crippen LogP contribution is -2.74. The van der Waals surface area contributed by atoms with Crippen LogP contribution in [0.3, 0.4) is 0 Å². The van der Waals surface area contributed by atoms with E-state index in [1.807, 2.05) is 20.8 Å². The fourth-order valence-corrected chi connectivity index (χ4v) is 12.9. The molecule has 3 unspecified atom stereocenters. The van der Waals surface area contributed by atoms with Gasteiger partial charge in [-0.15, -0.1) is 0 Å². The molecular formula is C43H64O9S2. The van der Waals surface area contributed by atoms with E-state index in [4.69, 9.17) is 39.5 Å². The first kappa shape index (κ1) is 43.1. The number of thiol groups is 2. The molecular weight excluding hydrogens is 725 g/mol. The minimum Gasteiger partial charge on any atom is -0.462 e. The summed E-state index contributed by atoms with van der Waals surface area (Å²) in [5.41, 5.74) is -1.10. The molecule has 0 saturated heterocycles. The summed E-state index contributed by atoms with van der Waals surface area (Å²) in [7, 11) is 0. The SMILES string of the molecule is C/C=C(\C)C(=O)OC[C@@]12C(CC(C)(C)[C@@H](O)[C@@H]1OC(=O)/C(C)=C/C)C1=CCC3[C@@]4(S)CC[C@H](O)[C@](C)(COC(=O)/C(C)=C/C)C4CC[C@@]3(S)[C@]1(C)C[C@H]2O. The van der Waals surface area contributed by atoms with Crippen LogP contribution in [0.4, 0.5) is 0 Å². The number of esters is 3. The van der Waals surface area contributed by atoms with E-state index in [-0.39, 0.29) is 31.5 Å². The van der Waals surface area contributed by atoms with Crippen LogP contribution in [0.2, 0.25) is 0 Å². The number of aliphatic hydroxyl groups is 3. The van der Waals surface area contributed by atoms with E-state index in [1.54, 1.807) is 59.8 Å². The molecule has 0 spiro atoms. The number of hydrogen-bond donors (Lipinski definition) is 5. The summed E-state index contributed by atoms with van der Waals surface area (Å²) in [4.78, 5) is 39.5. The average molecular weight is 789 g/mol. The number of hydrogen-bond acceptors (Lipinski definition) is 11. The quantitative estimate of drug-likeness (QED) is 0.0585. The van der Waals surface area contributed by atoms with Crippen LogP contribution >= 0.6 is 25.3 Å². The summed E-state index contributed by atoms with van der Waals surface area (Å²) in [6, 6.07) is 0. The molecule has 0 aliphatic heterocycles. The van der Waals surface area contributed by atoms with Gasteiger partial charge in [0.25, 0.3) is 0 Å². The Morgan fingerprint density at radius 2 is 1.33 bits per heavy atom. The second-order valence-corrected chi connectivity index (χ2v) is 19.9. The maximum atomic E-state index is 13.5. The predicted molar refractivity (Wildman–Crippen MR) is 215 cm³/mol. The molecule has 0 aromatic heterocycles. The first-order valence-electron chi connectivity index (χ1n) is 19.7. The van der Waals surface area contributed by atoms with Crippen LogP contribution in [-0.2, 0) is 28.6 Å². The molecule has 9 nitrogen and oxygen atoms in total. The highest BCUT2D eigenvalue weighted by Crippen LogP contribution is 2.74. The van der Waals surface area contributed by atoms with Crippen molar-refractivity contribution < 1.29 is 43.9 Å². The Labute approximate surface area is 333 Å². The lowest BCUT2D eigenvalue weighted by Gasteiger charge is -2.71. The Bertz CT molecular complexity index is 1650. The second kappa shape index (κ2) is 15.0. The Balaban J connectivity index is 1.62. The third-order valence-corrected chi connectivity index (χ3v) is 17.1. The van der Waals surface area contributed by atoms with Crippen molar-refractivity contribution in [1.82, 2.24) is 0 Å². The summed E-state index contributed by atoms with van der Waals surface area (Å²) in [6.45, 7) is 18.3. The Hall–Kier alpha value is -2.05. The third-order valence-electron chi connectivity index (χ3n) is 15.2. The highest BCUT2D eigenvalue weighted by molar-refractivity contribution is 7.83. The largest absolute Gasteiger partial charge is 0.462 e. The molecule has 302 valence electrons. The zero-order valence-electron chi connectivity index (χ0n) is 33.9. The fourth-order valence-electron chi connectivity index (χ4n) is 11.2. The first-order valence-corrected chi connectivity index (χ1v) is 20.6. The van der Waals surface area contributed by atoms with Crippen molar-refractivity contribution >= 4 is 43.2 Å². The van der Waals surface area contributed by atoms with Gasteiger partial charge in [0, 0.05) is 37.0 Å². The van der Waals surface area contributed by atoms with Gasteiger partial charge in [0.15, 0.2) is 0 Å². The molecule has 0 bridgehead atoms. The van der Waals surface area contributed by atoms with E-state index in [9.17, 15) is 29.7 Å². The molecule has 4 saturated carbocycles. The van der Waals surface area contributed by atoms with Gasteiger partial charge in [-0.3, -0.25) is 0 Å². The van der Waals surface area contributed by atoms with Crippen molar-refractivity contribution in [2.75, 3.05) is 13.2 Å². The van der Waals surface area contributed by atoms with Gasteiger partial charge >= 0.3 is 17.9 Å². The summed E-state index contributed by atoms with van der Waals surface area (Å²) < 4.78 is 16.9. The van der Waals surface area contributed by atoms with Gasteiger partial charge in [-0.1, -0.05) is 57.6 Å². The molecule has 0 heterocycles. The van der Waals surface area contributed by atoms with Crippen molar-refractivity contribution in [3.8, 4) is 0 Å². The van der Waals surface area contributed by atoms with Gasteiger partial charge in [0.2, 0.25) is 0 Å². The number of carbonyl (C=O) groups excluding carboxylic acids is 3. The highest BCUT2D eigenvalue weighted by Gasteiger charge is 2.74. The minimum atomic E-state index is -1.34. The van der Waals surface area contributed by atoms with E-state index in [1.165, 1.54) is 0 Å². The first-order chi connectivity index (χ1) is 25.0. The lowest BCUT2D eigenvalue weighted by molar-refractivity contribution is -0.250. The summed E-state index contributed by atoms with van der Waals surface area (Å²) >= 11 is 11.3. The Morgan fingerprint density at radius 1 is 0.778 bits per heavy atom. The molecule has 0 aromatic rings. The van der Waals surface area contributed by atoms with Crippen LogP contribution in [0.25, 0.3) is 0 Å². The predicted octanol–water partition coefficient (Wildman–Crippen LogP) is 6.90. The van der Waals surface area contributed by atoms with Crippen LogP contribution < -0.4 is 0 Å². The number of aliphatic hydroxyl groups excluding tert-OH is 3. The molecule has 4 fully saturated rings. The maximum Gasteiger partial charge on any atom is 0.333 e. The number of carbonyl (C=O) groups is 3. The second-order valence-electron chi connectivity index (χ2n) is 18.3. The maximum absolute atomic E-state index is 13.5. The van der Waals surface area contributed by atoms with Crippen LogP contribution in [0.5, 0.6) is 0 Å². The summed E-state index contributed by atoms with van der Waals surface area (Å²) in [5.74, 6) is -2.10. The van der Waals surface area contributed by atoms with Crippen molar-refractivity contribution in [3.63, 3.8) is 0 Å². The fraction of sp³-hybridized carbons (Fsp3) is 0.744. The number of rotatable bonds is 8. The molecule has 0 aromatic carbocycles. The van der Waals surface area contributed by atoms with Crippen molar-refractivity contribution in [3.05, 3.63) is 46.6 Å². The number of allylic oxidation sites excluding steroid dienone is 5. The van der Waals surface area contributed by atoms with Gasteiger partial charge in [-0.05, 0) is 110 Å². The molecule has 54 heavy (non-hydrogen) atoms. The summed E-state index contributed by atoms with van der Waals surface area (Å²) in [6.07, 6.45) is 6.96. The third kappa shape index (κ3) is 6.48. The van der Waals surface area contributed by atoms with E-state index in [0.717, 1.165) is 5.57 Å². The molecule has 11 heteroatoms. The van der Waals surface area contributed by atoms with Gasteiger partial charge < -0.3 is 29.5 Å². The summed E-state index contributed by atoms with van der Waals surface area (Å²) in [5, 5.41) is 36.3. The molecule has 0 radical (unpaired) electrons. The zero-order valence-corrected chi connectivity index (χ0v) is 35.7. The zero-order chi connectivity index (χ0) is 40.4. The number of ether oxygens (including phenoxy) is 3. The number of fused-ring (bicyclic) bond motifs is 7. The van der Waals surface area contributed by atoms with Gasteiger partial charge in [-0.25, -0.2) is 14.4 Å². The van der Waals surface area contributed by atoms with Crippen LogP contribution in [0, 0.1) is 39.4 Å². The topological polar surface area (TPSA) is 140 Å². The lowest BCUT2D eigenvalue weighted by atomic mass is 9.39. The van der Waals surface area contributed by atoms with E-state index in [0.29, 0.717) is 55.2 Å². The molecule has 5 rings (SSSR count). The molecule has 5 aliphatic carbocycles. The van der Waals surface area contributed by atoms with Crippen LogP contribution in [-0.4, -0.2) is 80.4 Å². The average Bonchev–Trinajstić information content (AvgIpc) is 3.12. The van der Waals surface area contributed by atoms with Crippen molar-refractivity contribution in [2.24, 2.45) is 39.4 Å². The van der Waals surface area contributed by atoms with E-state index < -0.39 is 79.4 Å². The Morgan fingerprint density at radius 3 is 1.91 bits per heavy atom. The standard InChI is InChI=1S/C43H64O9S2/c1-11-24(4)35(47)50-22-39(9)29-16-19-43(54)30(42(29,53)18-17-31(39)44)15-14-27-28-20-38(7,8)33(46)34(52-37(49)26(6)13-3)41(28,32(45)21-40(27,43)10)23-51-36(48)25(5)12-2/h11-14,28-34,44-46,53-54H,15-23H2,1-10H3/b24-11+,25-12+,26-13+/t28?,29?,30?,31-,32+,33-,34-,39+,40+,41-,42+,43-/m0/s1. The monoisotopic (exact) mass is 788 g/mol. The van der Waals surface area contributed by atoms with Gasteiger partial charge in [0.1, 0.15) is 12.7 Å².